The number of anilines is 1. The molecule has 0 saturated carbocycles. The minimum absolute atomic E-state index is 0.00725. The summed E-state index contributed by atoms with van der Waals surface area (Å²) in [6.07, 6.45) is 3.24. The molecule has 4 nitrogen and oxygen atoms in total. The van der Waals surface area contributed by atoms with Crippen LogP contribution in [-0.2, 0) is 17.8 Å². The number of rotatable bonds is 5. The predicted octanol–water partition coefficient (Wildman–Crippen LogP) is 4.88. The number of fused-ring (bicyclic) bond motifs is 1. The summed E-state index contributed by atoms with van der Waals surface area (Å²) in [6, 6.07) is 11.1. The van der Waals surface area contributed by atoms with E-state index >= 15 is 0 Å². The van der Waals surface area contributed by atoms with E-state index in [-0.39, 0.29) is 29.5 Å². The van der Waals surface area contributed by atoms with E-state index in [1.54, 1.807) is 24.5 Å². The number of carbonyl (C=O) groups is 1. The van der Waals surface area contributed by atoms with Gasteiger partial charge in [-0.25, -0.2) is 18.2 Å². The Morgan fingerprint density at radius 2 is 1.79 bits per heavy atom. The van der Waals surface area contributed by atoms with Crippen molar-refractivity contribution in [3.63, 3.8) is 0 Å². The van der Waals surface area contributed by atoms with Crippen molar-refractivity contribution in [3.8, 4) is 0 Å². The average molecular weight is 413 g/mol. The highest BCUT2D eigenvalue weighted by Crippen LogP contribution is 2.32. The SMILES string of the molecule is O=C(Cc1ccc(F)cc1)N(Cc1cccnc1)c1nc2c(F)cc(F)cc2s1. The van der Waals surface area contributed by atoms with E-state index in [1.807, 2.05) is 0 Å². The Labute approximate surface area is 168 Å². The van der Waals surface area contributed by atoms with Gasteiger partial charge >= 0.3 is 0 Å². The van der Waals surface area contributed by atoms with Crippen LogP contribution in [0.15, 0.2) is 60.9 Å². The summed E-state index contributed by atoms with van der Waals surface area (Å²) in [7, 11) is 0. The monoisotopic (exact) mass is 413 g/mol. The summed E-state index contributed by atoms with van der Waals surface area (Å²) in [5.41, 5.74) is 1.40. The third-order valence-corrected chi connectivity index (χ3v) is 5.29. The molecule has 0 N–H and O–H groups in total. The number of thiazole rings is 1. The fourth-order valence-electron chi connectivity index (χ4n) is 2.87. The smallest absolute Gasteiger partial charge is 0.233 e. The maximum absolute atomic E-state index is 14.1. The van der Waals surface area contributed by atoms with Crippen molar-refractivity contribution < 1.29 is 18.0 Å². The molecular formula is C21H14F3N3OS. The van der Waals surface area contributed by atoms with Crippen LogP contribution in [0.5, 0.6) is 0 Å². The molecule has 0 spiro atoms. The highest BCUT2D eigenvalue weighted by Gasteiger charge is 2.22. The van der Waals surface area contributed by atoms with E-state index in [0.29, 0.717) is 10.3 Å². The minimum Gasteiger partial charge on any atom is -0.283 e. The second-order valence-corrected chi connectivity index (χ2v) is 7.38. The molecule has 4 rings (SSSR count). The average Bonchev–Trinajstić information content (AvgIpc) is 3.12. The van der Waals surface area contributed by atoms with E-state index in [1.165, 1.54) is 35.2 Å². The molecule has 29 heavy (non-hydrogen) atoms. The molecule has 0 bridgehead atoms. The van der Waals surface area contributed by atoms with Crippen LogP contribution in [0.2, 0.25) is 0 Å². The summed E-state index contributed by atoms with van der Waals surface area (Å²) in [4.78, 5) is 22.7. The van der Waals surface area contributed by atoms with Crippen LogP contribution in [0.25, 0.3) is 10.2 Å². The van der Waals surface area contributed by atoms with Crippen LogP contribution in [0.4, 0.5) is 18.3 Å². The number of hydrogen-bond donors (Lipinski definition) is 0. The molecule has 0 saturated heterocycles. The van der Waals surface area contributed by atoms with Crippen molar-refractivity contribution in [2.24, 2.45) is 0 Å². The number of nitrogens with zero attached hydrogens (tertiary/aromatic N) is 3. The van der Waals surface area contributed by atoms with Gasteiger partial charge in [0.25, 0.3) is 0 Å². The van der Waals surface area contributed by atoms with E-state index in [4.69, 9.17) is 0 Å². The Bertz CT molecular complexity index is 1160. The third kappa shape index (κ3) is 4.27. The molecule has 4 aromatic rings. The molecule has 0 aliphatic heterocycles. The molecule has 0 unspecified atom stereocenters. The maximum atomic E-state index is 14.1. The zero-order valence-electron chi connectivity index (χ0n) is 15.0. The van der Waals surface area contributed by atoms with E-state index in [9.17, 15) is 18.0 Å². The lowest BCUT2D eigenvalue weighted by Crippen LogP contribution is -2.31. The molecule has 0 fully saturated rings. The molecule has 146 valence electrons. The molecule has 2 aromatic carbocycles. The first-order valence-electron chi connectivity index (χ1n) is 8.69. The van der Waals surface area contributed by atoms with Crippen LogP contribution in [0.1, 0.15) is 11.1 Å². The number of hydrogen-bond acceptors (Lipinski definition) is 4. The van der Waals surface area contributed by atoms with Crippen LogP contribution >= 0.6 is 11.3 Å². The molecular weight excluding hydrogens is 399 g/mol. The van der Waals surface area contributed by atoms with Crippen molar-refractivity contribution >= 4 is 32.6 Å². The minimum atomic E-state index is -0.783. The van der Waals surface area contributed by atoms with Crippen molar-refractivity contribution in [1.29, 1.82) is 0 Å². The van der Waals surface area contributed by atoms with Crippen molar-refractivity contribution in [2.45, 2.75) is 13.0 Å². The number of halogens is 3. The molecule has 8 heteroatoms. The fourth-order valence-corrected chi connectivity index (χ4v) is 3.89. The first kappa shape index (κ1) is 19.1. The normalized spacial score (nSPS) is 11.0. The number of amides is 1. The van der Waals surface area contributed by atoms with Gasteiger partial charge in [-0.15, -0.1) is 0 Å². The van der Waals surface area contributed by atoms with Gasteiger partial charge in [0.05, 0.1) is 17.7 Å². The summed E-state index contributed by atoms with van der Waals surface area (Å²) in [5, 5.41) is 0.250. The summed E-state index contributed by atoms with van der Waals surface area (Å²) < 4.78 is 41.1. The number of pyridine rings is 1. The van der Waals surface area contributed by atoms with E-state index < -0.39 is 17.5 Å². The predicted molar refractivity (Wildman–Crippen MR) is 105 cm³/mol. The number of carbonyl (C=O) groups excluding carboxylic acids is 1. The van der Waals surface area contributed by atoms with Crippen LogP contribution < -0.4 is 4.90 Å². The van der Waals surface area contributed by atoms with Gasteiger partial charge in [0, 0.05) is 18.5 Å². The van der Waals surface area contributed by atoms with Gasteiger partial charge in [-0.05, 0) is 35.4 Å². The van der Waals surface area contributed by atoms with Gasteiger partial charge < -0.3 is 0 Å². The van der Waals surface area contributed by atoms with Gasteiger partial charge in [0.1, 0.15) is 17.2 Å². The summed E-state index contributed by atoms with van der Waals surface area (Å²) in [5.74, 6) is -2.19. The van der Waals surface area contributed by atoms with Gasteiger partial charge in [-0.1, -0.05) is 29.5 Å². The first-order chi connectivity index (χ1) is 14.0. The van der Waals surface area contributed by atoms with Crippen LogP contribution in [0, 0.1) is 17.5 Å². The zero-order chi connectivity index (χ0) is 20.4. The maximum Gasteiger partial charge on any atom is 0.233 e. The molecule has 0 atom stereocenters. The van der Waals surface area contributed by atoms with Gasteiger partial charge in [-0.3, -0.25) is 14.7 Å². The molecule has 1 amide bonds. The Balaban J connectivity index is 1.70. The lowest BCUT2D eigenvalue weighted by Gasteiger charge is -2.20. The van der Waals surface area contributed by atoms with Crippen LogP contribution in [-0.4, -0.2) is 15.9 Å². The Kier molecular flexibility index (Phi) is 5.26. The topological polar surface area (TPSA) is 46.1 Å². The number of aromatic nitrogens is 2. The quantitative estimate of drug-likeness (QED) is 0.468. The second-order valence-electron chi connectivity index (χ2n) is 6.38. The summed E-state index contributed by atoms with van der Waals surface area (Å²) >= 11 is 1.03. The highest BCUT2D eigenvalue weighted by atomic mass is 32.1. The number of benzene rings is 2. The van der Waals surface area contributed by atoms with Gasteiger partial charge in [0.15, 0.2) is 10.9 Å². The second kappa shape index (κ2) is 8.00. The Hall–Kier alpha value is -3.26. The highest BCUT2D eigenvalue weighted by molar-refractivity contribution is 7.22. The fraction of sp³-hybridized carbons (Fsp3) is 0.0952. The van der Waals surface area contributed by atoms with Crippen LogP contribution in [0.3, 0.4) is 0 Å². The van der Waals surface area contributed by atoms with Gasteiger partial charge in [-0.2, -0.15) is 0 Å². The van der Waals surface area contributed by atoms with Gasteiger partial charge in [0.2, 0.25) is 5.91 Å². The standard InChI is InChI=1S/C21H14F3N3OS/c22-15-5-3-13(4-6-15)8-19(28)27(12-14-2-1-7-25-11-14)21-26-20-17(24)9-16(23)10-18(20)29-21/h1-7,9-11H,8,12H2. The van der Waals surface area contributed by atoms with E-state index in [2.05, 4.69) is 9.97 Å². The molecule has 0 radical (unpaired) electrons. The molecule has 0 aliphatic carbocycles. The Morgan fingerprint density at radius 1 is 1.00 bits per heavy atom. The van der Waals surface area contributed by atoms with E-state index in [0.717, 1.165) is 23.0 Å². The molecule has 2 aromatic heterocycles. The molecule has 0 aliphatic rings. The third-order valence-electron chi connectivity index (χ3n) is 4.27. The lowest BCUT2D eigenvalue weighted by molar-refractivity contribution is -0.118. The zero-order valence-corrected chi connectivity index (χ0v) is 15.8. The van der Waals surface area contributed by atoms with Crippen molar-refractivity contribution in [3.05, 3.63) is 89.5 Å². The largest absolute Gasteiger partial charge is 0.283 e. The van der Waals surface area contributed by atoms with Crippen molar-refractivity contribution in [2.75, 3.05) is 4.90 Å². The summed E-state index contributed by atoms with van der Waals surface area (Å²) in [6.45, 7) is 0.164. The first-order valence-corrected chi connectivity index (χ1v) is 9.50. The lowest BCUT2D eigenvalue weighted by atomic mass is 10.1. The molecule has 2 heterocycles. The van der Waals surface area contributed by atoms with Crippen molar-refractivity contribution in [1.82, 2.24) is 9.97 Å². The Morgan fingerprint density at radius 3 is 2.52 bits per heavy atom.